The second kappa shape index (κ2) is 8.28. The largest absolute Gasteiger partial charge is 0.491 e. The highest BCUT2D eigenvalue weighted by atomic mass is 16.5. The molecule has 2 rings (SSSR count). The van der Waals surface area contributed by atoms with Gasteiger partial charge in [-0.3, -0.25) is 0 Å². The first-order chi connectivity index (χ1) is 9.77. The van der Waals surface area contributed by atoms with E-state index in [0.717, 1.165) is 18.9 Å². The Bertz CT molecular complexity index is 380. The predicted molar refractivity (Wildman–Crippen MR) is 82.5 cm³/mol. The number of piperidine rings is 1. The fraction of sp³-hybridized carbons (Fsp3) is 0.647. The van der Waals surface area contributed by atoms with Crippen LogP contribution in [0.5, 0.6) is 5.75 Å². The van der Waals surface area contributed by atoms with E-state index in [1.165, 1.54) is 43.5 Å². The van der Waals surface area contributed by atoms with Gasteiger partial charge >= 0.3 is 0 Å². The number of hydrogen-bond donors (Lipinski definition) is 0. The minimum Gasteiger partial charge on any atom is -0.491 e. The molecule has 0 aromatic heterocycles. The Morgan fingerprint density at radius 3 is 2.35 bits per heavy atom. The van der Waals surface area contributed by atoms with E-state index in [1.54, 1.807) is 0 Å². The van der Waals surface area contributed by atoms with Crippen LogP contribution in [0.15, 0.2) is 18.2 Å². The third kappa shape index (κ3) is 4.80. The molecule has 1 aliphatic rings. The van der Waals surface area contributed by atoms with Gasteiger partial charge in [-0.1, -0.05) is 24.6 Å². The van der Waals surface area contributed by atoms with Gasteiger partial charge < -0.3 is 14.4 Å². The average Bonchev–Trinajstić information content (AvgIpc) is 2.46. The summed E-state index contributed by atoms with van der Waals surface area (Å²) >= 11 is 0. The Kier molecular flexibility index (Phi) is 6.34. The summed E-state index contributed by atoms with van der Waals surface area (Å²) in [5, 5.41) is 0. The zero-order chi connectivity index (χ0) is 14.2. The van der Waals surface area contributed by atoms with Crippen LogP contribution in [0.4, 0.5) is 0 Å². The van der Waals surface area contributed by atoms with E-state index < -0.39 is 0 Å². The van der Waals surface area contributed by atoms with Gasteiger partial charge in [-0.25, -0.2) is 0 Å². The van der Waals surface area contributed by atoms with Crippen LogP contribution in [0.1, 0.15) is 30.4 Å². The van der Waals surface area contributed by atoms with Crippen LogP contribution in [0.25, 0.3) is 0 Å². The lowest BCUT2D eigenvalue weighted by Gasteiger charge is -2.26. The summed E-state index contributed by atoms with van der Waals surface area (Å²) < 4.78 is 11.5. The third-order valence-corrected chi connectivity index (χ3v) is 3.88. The van der Waals surface area contributed by atoms with Crippen molar-refractivity contribution < 1.29 is 9.47 Å². The molecule has 1 aromatic rings. The Morgan fingerprint density at radius 1 is 0.950 bits per heavy atom. The smallest absolute Gasteiger partial charge is 0.125 e. The maximum Gasteiger partial charge on any atom is 0.125 e. The second-order valence-electron chi connectivity index (χ2n) is 5.58. The minimum absolute atomic E-state index is 0.631. The third-order valence-electron chi connectivity index (χ3n) is 3.88. The average molecular weight is 277 g/mol. The molecular formula is C17H27NO2. The molecule has 0 aliphatic carbocycles. The molecule has 0 radical (unpaired) electrons. The first kappa shape index (κ1) is 15.3. The number of ether oxygens (including phenoxy) is 2. The Labute approximate surface area is 122 Å². The highest BCUT2D eigenvalue weighted by molar-refractivity contribution is 5.39. The summed E-state index contributed by atoms with van der Waals surface area (Å²) in [4.78, 5) is 2.50. The number of aryl methyl sites for hydroxylation is 2. The summed E-state index contributed by atoms with van der Waals surface area (Å²) in [5.74, 6) is 1.01. The van der Waals surface area contributed by atoms with Gasteiger partial charge in [0.05, 0.1) is 13.2 Å². The quantitative estimate of drug-likeness (QED) is 0.715. The summed E-state index contributed by atoms with van der Waals surface area (Å²) in [6.45, 7) is 9.82. The maximum atomic E-state index is 5.82. The molecule has 1 heterocycles. The van der Waals surface area contributed by atoms with E-state index in [-0.39, 0.29) is 0 Å². The summed E-state index contributed by atoms with van der Waals surface area (Å²) in [7, 11) is 0. The number of rotatable bonds is 7. The van der Waals surface area contributed by atoms with Crippen molar-refractivity contribution in [1.82, 2.24) is 4.90 Å². The van der Waals surface area contributed by atoms with Gasteiger partial charge in [-0.15, -0.1) is 0 Å². The van der Waals surface area contributed by atoms with Gasteiger partial charge in [0.2, 0.25) is 0 Å². The standard InChI is InChI=1S/C17H27NO2/c1-15-7-6-8-16(2)17(15)20-14-13-19-12-11-18-9-4-3-5-10-18/h6-8H,3-5,9-14H2,1-2H3. The highest BCUT2D eigenvalue weighted by Crippen LogP contribution is 2.21. The van der Waals surface area contributed by atoms with Crippen molar-refractivity contribution in [3.8, 4) is 5.75 Å². The summed E-state index contributed by atoms with van der Waals surface area (Å²) in [5.41, 5.74) is 2.39. The fourth-order valence-corrected chi connectivity index (χ4v) is 2.71. The van der Waals surface area contributed by atoms with Crippen molar-refractivity contribution in [3.63, 3.8) is 0 Å². The maximum absolute atomic E-state index is 5.82. The van der Waals surface area contributed by atoms with Gasteiger partial charge in [0.25, 0.3) is 0 Å². The molecular weight excluding hydrogens is 250 g/mol. The molecule has 0 saturated carbocycles. The monoisotopic (exact) mass is 277 g/mol. The number of para-hydroxylation sites is 1. The molecule has 1 aromatic carbocycles. The molecule has 20 heavy (non-hydrogen) atoms. The van der Waals surface area contributed by atoms with Crippen LogP contribution in [0, 0.1) is 13.8 Å². The molecule has 1 fully saturated rings. The predicted octanol–water partition coefficient (Wildman–Crippen LogP) is 3.18. The van der Waals surface area contributed by atoms with E-state index in [2.05, 4.69) is 36.9 Å². The number of likely N-dealkylation sites (tertiary alicyclic amines) is 1. The van der Waals surface area contributed by atoms with Crippen LogP contribution in [0.2, 0.25) is 0 Å². The first-order valence-electron chi connectivity index (χ1n) is 7.76. The van der Waals surface area contributed by atoms with Crippen molar-refractivity contribution in [2.45, 2.75) is 33.1 Å². The van der Waals surface area contributed by atoms with Crippen LogP contribution in [-0.4, -0.2) is 44.4 Å². The van der Waals surface area contributed by atoms with Gasteiger partial charge in [0.1, 0.15) is 12.4 Å². The molecule has 0 atom stereocenters. The van der Waals surface area contributed by atoms with Gasteiger partial charge in [-0.2, -0.15) is 0 Å². The zero-order valence-electron chi connectivity index (χ0n) is 12.9. The van der Waals surface area contributed by atoms with Crippen molar-refractivity contribution in [1.29, 1.82) is 0 Å². The van der Waals surface area contributed by atoms with E-state index in [0.29, 0.717) is 13.2 Å². The van der Waals surface area contributed by atoms with Crippen LogP contribution in [0.3, 0.4) is 0 Å². The minimum atomic E-state index is 0.631. The van der Waals surface area contributed by atoms with Crippen LogP contribution >= 0.6 is 0 Å². The molecule has 1 aliphatic heterocycles. The lowest BCUT2D eigenvalue weighted by molar-refractivity contribution is 0.0747. The first-order valence-corrected chi connectivity index (χ1v) is 7.76. The van der Waals surface area contributed by atoms with Crippen molar-refractivity contribution in [2.75, 3.05) is 39.5 Å². The highest BCUT2D eigenvalue weighted by Gasteiger charge is 2.09. The van der Waals surface area contributed by atoms with Crippen LogP contribution in [-0.2, 0) is 4.74 Å². The molecule has 0 spiro atoms. The van der Waals surface area contributed by atoms with Gasteiger partial charge in [-0.05, 0) is 50.9 Å². The Hall–Kier alpha value is -1.06. The molecule has 1 saturated heterocycles. The van der Waals surface area contributed by atoms with E-state index >= 15 is 0 Å². The van der Waals surface area contributed by atoms with E-state index in [4.69, 9.17) is 9.47 Å². The lowest BCUT2D eigenvalue weighted by Crippen LogP contribution is -2.32. The molecule has 0 amide bonds. The second-order valence-corrected chi connectivity index (χ2v) is 5.58. The van der Waals surface area contributed by atoms with Gasteiger partial charge in [0.15, 0.2) is 0 Å². The molecule has 3 heteroatoms. The van der Waals surface area contributed by atoms with Crippen molar-refractivity contribution >= 4 is 0 Å². The fourth-order valence-electron chi connectivity index (χ4n) is 2.71. The summed E-state index contributed by atoms with van der Waals surface area (Å²) in [6, 6.07) is 6.23. The SMILES string of the molecule is Cc1cccc(C)c1OCCOCCN1CCCCC1. The van der Waals surface area contributed by atoms with E-state index in [9.17, 15) is 0 Å². The van der Waals surface area contributed by atoms with E-state index in [1.807, 2.05) is 0 Å². The zero-order valence-corrected chi connectivity index (χ0v) is 12.9. The number of hydrogen-bond acceptors (Lipinski definition) is 3. The van der Waals surface area contributed by atoms with Crippen molar-refractivity contribution in [3.05, 3.63) is 29.3 Å². The Balaban J connectivity index is 1.57. The van der Waals surface area contributed by atoms with Gasteiger partial charge in [0, 0.05) is 6.54 Å². The molecule has 112 valence electrons. The Morgan fingerprint density at radius 2 is 1.65 bits per heavy atom. The normalized spacial score (nSPS) is 16.3. The molecule has 0 N–H and O–H groups in total. The molecule has 0 unspecified atom stereocenters. The number of nitrogens with zero attached hydrogens (tertiary/aromatic N) is 1. The molecule has 3 nitrogen and oxygen atoms in total. The van der Waals surface area contributed by atoms with Crippen LogP contribution < -0.4 is 4.74 Å². The number of benzene rings is 1. The lowest BCUT2D eigenvalue weighted by atomic mass is 10.1. The van der Waals surface area contributed by atoms with Crippen molar-refractivity contribution in [2.24, 2.45) is 0 Å². The summed E-state index contributed by atoms with van der Waals surface area (Å²) in [6.07, 6.45) is 4.08. The molecule has 0 bridgehead atoms. The topological polar surface area (TPSA) is 21.7 Å².